The first kappa shape index (κ1) is 17.1. The molecule has 0 unspecified atom stereocenters. The third-order valence-corrected chi connectivity index (χ3v) is 3.16. The van der Waals surface area contributed by atoms with Gasteiger partial charge in [0.05, 0.1) is 6.61 Å². The summed E-state index contributed by atoms with van der Waals surface area (Å²) in [7, 11) is 0. The maximum atomic E-state index is 12.8. The monoisotopic (exact) mass is 319 g/mol. The average Bonchev–Trinajstić information content (AvgIpc) is 2.55. The number of nitrogens with two attached hydrogens (primary N) is 1. The van der Waals surface area contributed by atoms with E-state index in [2.05, 4.69) is 0 Å². The van der Waals surface area contributed by atoms with E-state index in [0.717, 1.165) is 12.0 Å². The second kappa shape index (κ2) is 9.00. The largest absolute Gasteiger partial charge is 0.490 e. The first-order chi connectivity index (χ1) is 11.2. The highest BCUT2D eigenvalue weighted by Crippen LogP contribution is 2.28. The average molecular weight is 319 g/mol. The molecule has 23 heavy (non-hydrogen) atoms. The van der Waals surface area contributed by atoms with Crippen LogP contribution >= 0.6 is 0 Å². The Morgan fingerprint density at radius 3 is 2.35 bits per heavy atom. The molecule has 0 fully saturated rings. The minimum Gasteiger partial charge on any atom is -0.490 e. The fourth-order valence-corrected chi connectivity index (χ4v) is 2.10. The van der Waals surface area contributed by atoms with Crippen LogP contribution in [0.3, 0.4) is 0 Å². The normalized spacial score (nSPS) is 10.4. The molecule has 0 aliphatic carbocycles. The van der Waals surface area contributed by atoms with Gasteiger partial charge in [-0.15, -0.1) is 0 Å². The van der Waals surface area contributed by atoms with Crippen molar-refractivity contribution in [2.45, 2.75) is 13.3 Å². The van der Waals surface area contributed by atoms with Crippen LogP contribution in [0.5, 0.6) is 17.2 Å². The van der Waals surface area contributed by atoms with E-state index >= 15 is 0 Å². The van der Waals surface area contributed by atoms with Gasteiger partial charge in [-0.3, -0.25) is 0 Å². The second-order valence-corrected chi connectivity index (χ2v) is 4.90. The van der Waals surface area contributed by atoms with E-state index in [1.54, 1.807) is 12.1 Å². The summed E-state index contributed by atoms with van der Waals surface area (Å²) in [6, 6.07) is 11.7. The standard InChI is InChI=1S/C18H22FNO3/c1-2-21-18-13-14(9-10-20)3-8-17(18)23-12-11-22-16-6-4-15(19)5-7-16/h3-8,13H,2,9-12,20H2,1H3. The lowest BCUT2D eigenvalue weighted by atomic mass is 10.1. The minimum absolute atomic E-state index is 0.285. The van der Waals surface area contributed by atoms with Gasteiger partial charge in [-0.2, -0.15) is 0 Å². The van der Waals surface area contributed by atoms with Gasteiger partial charge in [0.15, 0.2) is 11.5 Å². The smallest absolute Gasteiger partial charge is 0.161 e. The van der Waals surface area contributed by atoms with E-state index in [-0.39, 0.29) is 5.82 Å². The molecule has 4 nitrogen and oxygen atoms in total. The summed E-state index contributed by atoms with van der Waals surface area (Å²) in [5.41, 5.74) is 6.69. The third-order valence-electron chi connectivity index (χ3n) is 3.16. The maximum absolute atomic E-state index is 12.8. The Morgan fingerprint density at radius 1 is 0.913 bits per heavy atom. The van der Waals surface area contributed by atoms with E-state index in [9.17, 15) is 4.39 Å². The first-order valence-corrected chi connectivity index (χ1v) is 7.70. The van der Waals surface area contributed by atoms with Crippen molar-refractivity contribution in [3.63, 3.8) is 0 Å². The Labute approximate surface area is 136 Å². The second-order valence-electron chi connectivity index (χ2n) is 4.90. The molecule has 2 aromatic carbocycles. The molecule has 0 saturated heterocycles. The predicted octanol–water partition coefficient (Wildman–Crippen LogP) is 3.18. The van der Waals surface area contributed by atoms with Crippen LogP contribution in [-0.2, 0) is 6.42 Å². The van der Waals surface area contributed by atoms with Crippen molar-refractivity contribution < 1.29 is 18.6 Å². The minimum atomic E-state index is -0.285. The van der Waals surface area contributed by atoms with Crippen molar-refractivity contribution >= 4 is 0 Å². The molecular weight excluding hydrogens is 297 g/mol. The quantitative estimate of drug-likeness (QED) is 0.721. The molecule has 0 amide bonds. The van der Waals surface area contributed by atoms with E-state index in [1.807, 2.05) is 25.1 Å². The van der Waals surface area contributed by atoms with Crippen molar-refractivity contribution in [1.29, 1.82) is 0 Å². The molecule has 2 aromatic rings. The zero-order valence-corrected chi connectivity index (χ0v) is 13.3. The van der Waals surface area contributed by atoms with Gasteiger partial charge in [0.1, 0.15) is 24.8 Å². The molecule has 124 valence electrons. The number of hydrogen-bond donors (Lipinski definition) is 1. The Morgan fingerprint density at radius 2 is 1.65 bits per heavy atom. The van der Waals surface area contributed by atoms with Gasteiger partial charge in [0.2, 0.25) is 0 Å². The van der Waals surface area contributed by atoms with Crippen LogP contribution in [0.15, 0.2) is 42.5 Å². The van der Waals surface area contributed by atoms with Crippen LogP contribution in [0.4, 0.5) is 4.39 Å². The summed E-state index contributed by atoms with van der Waals surface area (Å²) >= 11 is 0. The summed E-state index contributed by atoms with van der Waals surface area (Å²) in [6.45, 7) is 3.82. The van der Waals surface area contributed by atoms with Gasteiger partial charge in [-0.1, -0.05) is 6.07 Å². The Kier molecular flexibility index (Phi) is 6.69. The summed E-state index contributed by atoms with van der Waals surface area (Å²) in [5.74, 6) is 1.71. The molecule has 0 aliphatic heterocycles. The van der Waals surface area contributed by atoms with Gasteiger partial charge in [-0.25, -0.2) is 4.39 Å². The van der Waals surface area contributed by atoms with Crippen molar-refractivity contribution in [2.24, 2.45) is 5.73 Å². The predicted molar refractivity (Wildman–Crippen MR) is 87.8 cm³/mol. The highest BCUT2D eigenvalue weighted by molar-refractivity contribution is 5.43. The lowest BCUT2D eigenvalue weighted by Crippen LogP contribution is -2.10. The van der Waals surface area contributed by atoms with Gasteiger partial charge >= 0.3 is 0 Å². The van der Waals surface area contributed by atoms with E-state index in [4.69, 9.17) is 19.9 Å². The maximum Gasteiger partial charge on any atom is 0.161 e. The van der Waals surface area contributed by atoms with Crippen molar-refractivity contribution in [2.75, 3.05) is 26.4 Å². The highest BCUT2D eigenvalue weighted by atomic mass is 19.1. The van der Waals surface area contributed by atoms with Crippen LogP contribution in [0.25, 0.3) is 0 Å². The van der Waals surface area contributed by atoms with Crippen LogP contribution in [0.2, 0.25) is 0 Å². The summed E-state index contributed by atoms with van der Waals surface area (Å²) in [4.78, 5) is 0. The number of benzene rings is 2. The molecule has 0 aliphatic rings. The molecule has 5 heteroatoms. The molecule has 0 atom stereocenters. The first-order valence-electron chi connectivity index (χ1n) is 7.70. The zero-order valence-electron chi connectivity index (χ0n) is 13.3. The molecule has 0 aromatic heterocycles. The van der Waals surface area contributed by atoms with Crippen LogP contribution < -0.4 is 19.9 Å². The van der Waals surface area contributed by atoms with Crippen molar-refractivity contribution in [3.05, 3.63) is 53.8 Å². The van der Waals surface area contributed by atoms with E-state index in [1.165, 1.54) is 12.1 Å². The van der Waals surface area contributed by atoms with Crippen LogP contribution in [0.1, 0.15) is 12.5 Å². The third kappa shape index (κ3) is 5.45. The van der Waals surface area contributed by atoms with Gasteiger partial charge < -0.3 is 19.9 Å². The van der Waals surface area contributed by atoms with Gasteiger partial charge in [0.25, 0.3) is 0 Å². The number of rotatable bonds is 9. The molecule has 0 spiro atoms. The van der Waals surface area contributed by atoms with E-state index < -0.39 is 0 Å². The molecule has 2 rings (SSSR count). The molecule has 0 radical (unpaired) electrons. The topological polar surface area (TPSA) is 53.7 Å². The van der Waals surface area contributed by atoms with Crippen molar-refractivity contribution in [1.82, 2.24) is 0 Å². The lowest BCUT2D eigenvalue weighted by Gasteiger charge is -2.13. The Hall–Kier alpha value is -2.27. The molecule has 2 N–H and O–H groups in total. The molecule has 0 saturated carbocycles. The van der Waals surface area contributed by atoms with Crippen LogP contribution in [-0.4, -0.2) is 26.4 Å². The van der Waals surface area contributed by atoms with Crippen molar-refractivity contribution in [3.8, 4) is 17.2 Å². The van der Waals surface area contributed by atoms with Crippen LogP contribution in [0, 0.1) is 5.82 Å². The summed E-state index contributed by atoms with van der Waals surface area (Å²) < 4.78 is 29.6. The Bertz CT molecular complexity index is 602. The highest BCUT2D eigenvalue weighted by Gasteiger charge is 2.06. The number of ether oxygens (including phenoxy) is 3. The molecule has 0 bridgehead atoms. The molecular formula is C18H22FNO3. The lowest BCUT2D eigenvalue weighted by molar-refractivity contribution is 0.208. The summed E-state index contributed by atoms with van der Waals surface area (Å²) in [5, 5.41) is 0. The van der Waals surface area contributed by atoms with Gasteiger partial charge in [-0.05, 0) is 61.9 Å². The zero-order chi connectivity index (χ0) is 16.5. The fraction of sp³-hybridized carbons (Fsp3) is 0.333. The number of halogens is 1. The molecule has 0 heterocycles. The Balaban J connectivity index is 1.87. The number of hydrogen-bond acceptors (Lipinski definition) is 4. The fourth-order valence-electron chi connectivity index (χ4n) is 2.10. The SMILES string of the molecule is CCOc1cc(CCN)ccc1OCCOc1ccc(F)cc1. The van der Waals surface area contributed by atoms with E-state index in [0.29, 0.717) is 43.6 Å². The summed E-state index contributed by atoms with van der Waals surface area (Å²) in [6.07, 6.45) is 0.800. The van der Waals surface area contributed by atoms with Gasteiger partial charge in [0, 0.05) is 0 Å².